The fourth-order valence-corrected chi connectivity index (χ4v) is 8.13. The summed E-state index contributed by atoms with van der Waals surface area (Å²) in [6.45, 7) is 11.1. The number of nitro groups is 2. The van der Waals surface area contributed by atoms with Gasteiger partial charge in [-0.3, -0.25) is 48.8 Å². The van der Waals surface area contributed by atoms with Crippen molar-refractivity contribution >= 4 is 33.4 Å². The maximum absolute atomic E-state index is 14.9. The molecule has 2 aliphatic rings. The van der Waals surface area contributed by atoms with Gasteiger partial charge in [-0.15, -0.1) is 0 Å². The second-order valence-corrected chi connectivity index (χ2v) is 14.4. The number of rotatable bonds is 11. The van der Waals surface area contributed by atoms with Gasteiger partial charge in [0.2, 0.25) is 0 Å². The van der Waals surface area contributed by atoms with Gasteiger partial charge < -0.3 is 9.80 Å². The van der Waals surface area contributed by atoms with Crippen LogP contribution in [0.1, 0.15) is 37.6 Å². The molecule has 6 aromatic rings. The van der Waals surface area contributed by atoms with E-state index in [0.29, 0.717) is 49.2 Å². The van der Waals surface area contributed by atoms with Crippen LogP contribution < -0.4 is 11.1 Å². The first-order chi connectivity index (χ1) is 28.2. The molecular weight excluding hydrogens is 745 g/mol. The molecule has 2 unspecified atom stereocenters. The Bertz CT molecular complexity index is 2430. The van der Waals surface area contributed by atoms with Crippen molar-refractivity contribution in [2.75, 3.05) is 65.4 Å². The van der Waals surface area contributed by atoms with Gasteiger partial charge in [-0.05, 0) is 37.4 Å². The molecule has 2 fully saturated rings. The summed E-state index contributed by atoms with van der Waals surface area (Å²) in [5, 5.41) is 23.7. The van der Waals surface area contributed by atoms with Crippen LogP contribution in [0.15, 0.2) is 94.8 Å². The van der Waals surface area contributed by atoms with Gasteiger partial charge >= 0.3 is 0 Å². The zero-order valence-electron chi connectivity index (χ0n) is 32.1. The van der Waals surface area contributed by atoms with E-state index in [1.165, 1.54) is 21.3 Å². The van der Waals surface area contributed by atoms with Gasteiger partial charge in [-0.1, -0.05) is 50.2 Å². The lowest BCUT2D eigenvalue weighted by molar-refractivity contribution is -0.385. The van der Waals surface area contributed by atoms with E-state index in [1.807, 2.05) is 12.1 Å². The van der Waals surface area contributed by atoms with Crippen molar-refractivity contribution in [2.45, 2.75) is 25.9 Å². The topological polar surface area (TPSA) is 195 Å². The SMILES string of the molecule is CCN1CCN(C(c2nc3ncc([N+](=O)[O-])cc3c(=O)n2-c2ccccc2)C(c2nc3ncc([N+](=O)[O-])cc3c(=O)n2-c2ccccc2)N2CCN(CC)CC2)CC1. The smallest absolute Gasteiger partial charge is 0.288 e. The largest absolute Gasteiger partial charge is 0.301 e. The Labute approximate surface area is 331 Å². The lowest BCUT2D eigenvalue weighted by atomic mass is 9.98. The molecule has 6 heterocycles. The summed E-state index contributed by atoms with van der Waals surface area (Å²) < 4.78 is 3.01. The highest BCUT2D eigenvalue weighted by Gasteiger charge is 2.43. The monoisotopic (exact) mass is 786 g/mol. The first-order valence-electron chi connectivity index (χ1n) is 19.3. The molecule has 2 aromatic carbocycles. The normalized spacial score (nSPS) is 17.1. The molecule has 2 aliphatic heterocycles. The average Bonchev–Trinajstić information content (AvgIpc) is 3.26. The Morgan fingerprint density at radius 2 is 0.948 bits per heavy atom. The van der Waals surface area contributed by atoms with Crippen molar-refractivity contribution in [3.05, 3.63) is 138 Å². The fourth-order valence-electron chi connectivity index (χ4n) is 8.13. The van der Waals surface area contributed by atoms with E-state index in [1.54, 1.807) is 48.5 Å². The number of aromatic nitrogens is 6. The summed E-state index contributed by atoms with van der Waals surface area (Å²) in [5.41, 5.74) is -0.650. The number of pyridine rings is 2. The summed E-state index contributed by atoms with van der Waals surface area (Å²) in [7, 11) is 0. The van der Waals surface area contributed by atoms with Crippen LogP contribution in [0.5, 0.6) is 0 Å². The van der Waals surface area contributed by atoms with Gasteiger partial charge in [-0.25, -0.2) is 19.9 Å². The minimum absolute atomic E-state index is 0.0136. The summed E-state index contributed by atoms with van der Waals surface area (Å²) in [6.07, 6.45) is 2.20. The Hall–Kier alpha value is -6.34. The van der Waals surface area contributed by atoms with E-state index < -0.39 is 33.0 Å². The second-order valence-electron chi connectivity index (χ2n) is 14.4. The summed E-state index contributed by atoms with van der Waals surface area (Å²) in [5.74, 6) is 0.645. The fraction of sp³-hybridized carbons (Fsp3) is 0.350. The van der Waals surface area contributed by atoms with Gasteiger partial charge in [0.05, 0.1) is 44.1 Å². The molecule has 58 heavy (non-hydrogen) atoms. The third-order valence-electron chi connectivity index (χ3n) is 11.2. The van der Waals surface area contributed by atoms with Crippen molar-refractivity contribution < 1.29 is 9.85 Å². The molecule has 4 aromatic heterocycles. The molecule has 0 N–H and O–H groups in total. The van der Waals surface area contributed by atoms with E-state index in [4.69, 9.17) is 9.97 Å². The third kappa shape index (κ3) is 7.22. The van der Waals surface area contributed by atoms with Gasteiger partial charge in [0.25, 0.3) is 22.5 Å². The van der Waals surface area contributed by atoms with Crippen LogP contribution in [0.3, 0.4) is 0 Å². The predicted octanol–water partition coefficient (Wildman–Crippen LogP) is 3.75. The lowest BCUT2D eigenvalue weighted by Gasteiger charge is -2.47. The summed E-state index contributed by atoms with van der Waals surface area (Å²) in [4.78, 5) is 80.7. The highest BCUT2D eigenvalue weighted by atomic mass is 16.6. The standard InChI is InChI=1S/C40H42N12O6/c1-3-45-15-19-47(20-16-45)33(37-43-35-31(23-29(25-41-35)51(55)56)39(53)49(37)27-11-7-5-8-12-27)34(48-21-17-46(4-2)18-22-48)38-44-36-32(24-30(26-42-36)52(57)58)40(54)50(38)28-13-9-6-10-14-28/h5-14,23-26,33-34H,3-4,15-22H2,1-2H3. The van der Waals surface area contributed by atoms with Crippen LogP contribution in [0.4, 0.5) is 11.4 Å². The molecular formula is C40H42N12O6. The highest BCUT2D eigenvalue weighted by molar-refractivity contribution is 5.77. The minimum Gasteiger partial charge on any atom is -0.301 e. The van der Waals surface area contributed by atoms with Crippen LogP contribution in [0, 0.1) is 20.2 Å². The molecule has 0 radical (unpaired) electrons. The van der Waals surface area contributed by atoms with Gasteiger partial charge in [0.15, 0.2) is 11.3 Å². The molecule has 0 amide bonds. The van der Waals surface area contributed by atoms with Crippen molar-refractivity contribution in [3.8, 4) is 11.4 Å². The maximum Gasteiger partial charge on any atom is 0.288 e. The molecule has 18 heteroatoms. The van der Waals surface area contributed by atoms with Crippen molar-refractivity contribution in [1.29, 1.82) is 0 Å². The number of hydrogen-bond donors (Lipinski definition) is 0. The van der Waals surface area contributed by atoms with Crippen LogP contribution in [-0.4, -0.2) is 124 Å². The molecule has 0 bridgehead atoms. The van der Waals surface area contributed by atoms with Crippen LogP contribution in [-0.2, 0) is 0 Å². The van der Waals surface area contributed by atoms with E-state index in [0.717, 1.165) is 51.7 Å². The number of nitrogens with zero attached hydrogens (tertiary/aromatic N) is 12. The Morgan fingerprint density at radius 1 is 0.586 bits per heavy atom. The van der Waals surface area contributed by atoms with E-state index >= 15 is 0 Å². The third-order valence-corrected chi connectivity index (χ3v) is 11.2. The number of para-hydroxylation sites is 2. The summed E-state index contributed by atoms with van der Waals surface area (Å²) >= 11 is 0. The van der Waals surface area contributed by atoms with Gasteiger partial charge in [0.1, 0.15) is 24.0 Å². The van der Waals surface area contributed by atoms with Crippen molar-refractivity contribution in [1.82, 2.24) is 48.7 Å². The molecule has 8 rings (SSSR count). The quantitative estimate of drug-likeness (QED) is 0.136. The zero-order valence-corrected chi connectivity index (χ0v) is 32.1. The molecule has 2 atom stereocenters. The number of likely N-dealkylation sites (N-methyl/N-ethyl adjacent to an activating group) is 2. The molecule has 0 spiro atoms. The molecule has 2 saturated heterocycles. The zero-order chi connectivity index (χ0) is 40.5. The van der Waals surface area contributed by atoms with E-state index in [9.17, 15) is 29.8 Å². The summed E-state index contributed by atoms with van der Waals surface area (Å²) in [6, 6.07) is 19.0. The predicted molar refractivity (Wildman–Crippen MR) is 216 cm³/mol. The Balaban J connectivity index is 1.48. The van der Waals surface area contributed by atoms with E-state index in [2.05, 4.69) is 43.4 Å². The van der Waals surface area contributed by atoms with E-state index in [-0.39, 0.29) is 33.4 Å². The van der Waals surface area contributed by atoms with Crippen LogP contribution in [0.2, 0.25) is 0 Å². The van der Waals surface area contributed by atoms with Crippen LogP contribution >= 0.6 is 0 Å². The molecule has 298 valence electrons. The molecule has 0 aliphatic carbocycles. The highest BCUT2D eigenvalue weighted by Crippen LogP contribution is 2.40. The second kappa shape index (κ2) is 16.3. The number of hydrogen-bond acceptors (Lipinski definition) is 14. The number of piperazine rings is 2. The molecule has 18 nitrogen and oxygen atoms in total. The maximum atomic E-state index is 14.9. The van der Waals surface area contributed by atoms with Crippen molar-refractivity contribution in [3.63, 3.8) is 0 Å². The van der Waals surface area contributed by atoms with Crippen LogP contribution in [0.25, 0.3) is 33.4 Å². The number of fused-ring (bicyclic) bond motifs is 2. The number of benzene rings is 2. The molecule has 0 saturated carbocycles. The minimum atomic E-state index is -0.751. The Kier molecular flexibility index (Phi) is 10.8. The lowest BCUT2D eigenvalue weighted by Crippen LogP contribution is -2.55. The average molecular weight is 787 g/mol. The van der Waals surface area contributed by atoms with Gasteiger partial charge in [0, 0.05) is 64.5 Å². The first kappa shape index (κ1) is 38.5. The van der Waals surface area contributed by atoms with Gasteiger partial charge in [-0.2, -0.15) is 0 Å². The first-order valence-corrected chi connectivity index (χ1v) is 19.3. The Morgan fingerprint density at radius 3 is 1.28 bits per heavy atom. The van der Waals surface area contributed by atoms with Crippen molar-refractivity contribution in [2.24, 2.45) is 0 Å².